The number of nitrogen functional groups attached to an aromatic ring is 1. The van der Waals surface area contributed by atoms with Crippen LogP contribution in [-0.4, -0.2) is 72.4 Å². The van der Waals surface area contributed by atoms with Crippen molar-refractivity contribution < 1.29 is 13.5 Å². The van der Waals surface area contributed by atoms with Crippen molar-refractivity contribution >= 4 is 17.7 Å². The molecule has 0 radical (unpaired) electrons. The minimum atomic E-state index is -2.79. The van der Waals surface area contributed by atoms with E-state index in [9.17, 15) is 8.78 Å². The highest BCUT2D eigenvalue weighted by Crippen LogP contribution is 2.31. The second-order valence-electron chi connectivity index (χ2n) is 6.58. The average molecular weight is 392 g/mol. The summed E-state index contributed by atoms with van der Waals surface area (Å²) in [4.78, 5) is 21.0. The Morgan fingerprint density at radius 3 is 2.50 bits per heavy atom. The van der Waals surface area contributed by atoms with Gasteiger partial charge in [-0.2, -0.15) is 4.98 Å². The van der Waals surface area contributed by atoms with Crippen molar-refractivity contribution in [2.75, 3.05) is 68.0 Å². The van der Waals surface area contributed by atoms with Gasteiger partial charge in [-0.15, -0.1) is 0 Å². The standard InChI is InChI=1S/C17H22F2N8O/c18-15(19)14-11(10-22-16(20)25-14)12-9-13(26-5-7-28-8-6-26)24-17(23-12)27-3-1-21-2-4-27/h9-10,15,21H,1-8H2,(H2,20,22,25). The van der Waals surface area contributed by atoms with Crippen molar-refractivity contribution in [1.29, 1.82) is 0 Å². The Hall–Kier alpha value is -2.66. The van der Waals surface area contributed by atoms with Crippen LogP contribution < -0.4 is 20.9 Å². The van der Waals surface area contributed by atoms with Crippen LogP contribution in [0.15, 0.2) is 12.3 Å². The smallest absolute Gasteiger partial charge is 0.281 e. The third kappa shape index (κ3) is 3.94. The highest BCUT2D eigenvalue weighted by Gasteiger charge is 2.23. The van der Waals surface area contributed by atoms with Gasteiger partial charge in [0.25, 0.3) is 6.43 Å². The fraction of sp³-hybridized carbons (Fsp3) is 0.529. The van der Waals surface area contributed by atoms with Crippen molar-refractivity contribution in [2.45, 2.75) is 6.43 Å². The Morgan fingerprint density at radius 2 is 1.79 bits per heavy atom. The van der Waals surface area contributed by atoms with Gasteiger partial charge >= 0.3 is 0 Å². The number of morpholine rings is 1. The summed E-state index contributed by atoms with van der Waals surface area (Å²) in [6.45, 7) is 5.65. The molecule has 0 aliphatic carbocycles. The lowest BCUT2D eigenvalue weighted by molar-refractivity contribution is 0.122. The molecule has 0 saturated carbocycles. The minimum Gasteiger partial charge on any atom is -0.378 e. The number of halogens is 2. The van der Waals surface area contributed by atoms with Crippen LogP contribution in [-0.2, 0) is 4.74 Å². The predicted molar refractivity (Wildman–Crippen MR) is 101 cm³/mol. The number of anilines is 3. The van der Waals surface area contributed by atoms with E-state index in [0.29, 0.717) is 43.8 Å². The lowest BCUT2D eigenvalue weighted by atomic mass is 10.1. The molecule has 2 aromatic heterocycles. The van der Waals surface area contributed by atoms with E-state index in [1.54, 1.807) is 6.07 Å². The molecule has 0 bridgehead atoms. The first-order chi connectivity index (χ1) is 13.6. The van der Waals surface area contributed by atoms with E-state index in [1.165, 1.54) is 6.20 Å². The molecule has 2 aliphatic heterocycles. The number of hydrogen-bond donors (Lipinski definition) is 2. The molecular formula is C17H22F2N8O. The summed E-state index contributed by atoms with van der Waals surface area (Å²) in [6.07, 6.45) is -1.48. The molecular weight excluding hydrogens is 370 g/mol. The molecule has 2 saturated heterocycles. The van der Waals surface area contributed by atoms with E-state index >= 15 is 0 Å². The molecule has 0 atom stereocenters. The van der Waals surface area contributed by atoms with E-state index in [4.69, 9.17) is 15.5 Å². The fourth-order valence-electron chi connectivity index (χ4n) is 3.29. The zero-order valence-electron chi connectivity index (χ0n) is 15.3. The normalized spacial score (nSPS) is 18.0. The third-order valence-electron chi connectivity index (χ3n) is 4.76. The van der Waals surface area contributed by atoms with Crippen LogP contribution in [0, 0.1) is 0 Å². The molecule has 4 rings (SSSR count). The number of piperazine rings is 1. The Morgan fingerprint density at radius 1 is 1.04 bits per heavy atom. The van der Waals surface area contributed by atoms with E-state index in [2.05, 4.69) is 25.2 Å². The molecule has 0 unspecified atom stereocenters. The SMILES string of the molecule is Nc1ncc(-c2cc(N3CCOCC3)nc(N3CCNCC3)n2)c(C(F)F)n1. The summed E-state index contributed by atoms with van der Waals surface area (Å²) in [5, 5.41) is 3.28. The summed E-state index contributed by atoms with van der Waals surface area (Å²) in [7, 11) is 0. The van der Waals surface area contributed by atoms with Crippen LogP contribution in [0.5, 0.6) is 0 Å². The van der Waals surface area contributed by atoms with Gasteiger partial charge in [0.05, 0.1) is 18.9 Å². The van der Waals surface area contributed by atoms with E-state index in [1.807, 2.05) is 4.90 Å². The molecule has 2 aliphatic rings. The zero-order valence-corrected chi connectivity index (χ0v) is 15.3. The Bertz CT molecular complexity index is 789. The lowest BCUT2D eigenvalue weighted by Crippen LogP contribution is -2.44. The maximum Gasteiger partial charge on any atom is 0.281 e. The van der Waals surface area contributed by atoms with Gasteiger partial charge in [-0.1, -0.05) is 0 Å². The number of nitrogens with one attached hydrogen (secondary N) is 1. The summed E-state index contributed by atoms with van der Waals surface area (Å²) >= 11 is 0. The van der Waals surface area contributed by atoms with Gasteiger partial charge < -0.3 is 25.6 Å². The second kappa shape index (κ2) is 8.15. The van der Waals surface area contributed by atoms with Gasteiger partial charge in [0.1, 0.15) is 11.5 Å². The van der Waals surface area contributed by atoms with Crippen molar-refractivity contribution in [3.63, 3.8) is 0 Å². The number of nitrogens with zero attached hydrogens (tertiary/aromatic N) is 6. The van der Waals surface area contributed by atoms with Crippen molar-refractivity contribution in [1.82, 2.24) is 25.3 Å². The Balaban J connectivity index is 1.79. The van der Waals surface area contributed by atoms with Crippen LogP contribution in [0.25, 0.3) is 11.3 Å². The molecule has 3 N–H and O–H groups in total. The lowest BCUT2D eigenvalue weighted by Gasteiger charge is -2.31. The highest BCUT2D eigenvalue weighted by molar-refractivity contribution is 5.67. The number of alkyl halides is 2. The summed E-state index contributed by atoms with van der Waals surface area (Å²) in [5.41, 5.74) is 5.61. The van der Waals surface area contributed by atoms with Crippen LogP contribution in [0.4, 0.5) is 26.5 Å². The first kappa shape index (κ1) is 18.7. The predicted octanol–water partition coefficient (Wildman–Crippen LogP) is 0.700. The summed E-state index contributed by atoms with van der Waals surface area (Å²) in [6, 6.07) is 1.71. The number of aromatic nitrogens is 4. The molecule has 9 nitrogen and oxygen atoms in total. The van der Waals surface area contributed by atoms with E-state index in [0.717, 1.165) is 26.2 Å². The number of ether oxygens (including phenoxy) is 1. The Labute approximate surface area is 160 Å². The van der Waals surface area contributed by atoms with Crippen LogP contribution in [0.3, 0.4) is 0 Å². The van der Waals surface area contributed by atoms with Gasteiger partial charge in [-0.05, 0) is 0 Å². The van der Waals surface area contributed by atoms with Crippen LogP contribution in [0.2, 0.25) is 0 Å². The molecule has 0 spiro atoms. The van der Waals surface area contributed by atoms with Crippen LogP contribution in [0.1, 0.15) is 12.1 Å². The first-order valence-corrected chi connectivity index (χ1v) is 9.20. The van der Waals surface area contributed by atoms with Crippen LogP contribution >= 0.6 is 0 Å². The Kier molecular flexibility index (Phi) is 5.44. The van der Waals surface area contributed by atoms with Gasteiger partial charge in [-0.25, -0.2) is 23.7 Å². The first-order valence-electron chi connectivity index (χ1n) is 9.20. The molecule has 0 aromatic carbocycles. The largest absolute Gasteiger partial charge is 0.378 e. The van der Waals surface area contributed by atoms with Gasteiger partial charge in [0, 0.05) is 57.1 Å². The number of rotatable bonds is 4. The van der Waals surface area contributed by atoms with E-state index < -0.39 is 12.1 Å². The fourth-order valence-corrected chi connectivity index (χ4v) is 3.29. The van der Waals surface area contributed by atoms with Crippen molar-refractivity contribution in [2.24, 2.45) is 0 Å². The maximum atomic E-state index is 13.6. The molecule has 2 aromatic rings. The van der Waals surface area contributed by atoms with Gasteiger partial charge in [0.15, 0.2) is 0 Å². The quantitative estimate of drug-likeness (QED) is 0.778. The summed E-state index contributed by atoms with van der Waals surface area (Å²) < 4.78 is 32.5. The number of nitrogens with two attached hydrogens (primary N) is 1. The van der Waals surface area contributed by atoms with Crippen molar-refractivity contribution in [3.8, 4) is 11.3 Å². The summed E-state index contributed by atoms with van der Waals surface area (Å²) in [5.74, 6) is 1.00. The van der Waals surface area contributed by atoms with Gasteiger partial charge in [-0.3, -0.25) is 0 Å². The molecule has 28 heavy (non-hydrogen) atoms. The molecule has 2 fully saturated rings. The maximum absolute atomic E-state index is 13.6. The third-order valence-corrected chi connectivity index (χ3v) is 4.76. The monoisotopic (exact) mass is 392 g/mol. The average Bonchev–Trinajstić information content (AvgIpc) is 2.74. The van der Waals surface area contributed by atoms with Crippen molar-refractivity contribution in [3.05, 3.63) is 18.0 Å². The highest BCUT2D eigenvalue weighted by atomic mass is 19.3. The molecule has 0 amide bonds. The number of hydrogen-bond acceptors (Lipinski definition) is 9. The molecule has 150 valence electrons. The topological polar surface area (TPSA) is 105 Å². The van der Waals surface area contributed by atoms with Gasteiger partial charge in [0.2, 0.25) is 11.9 Å². The minimum absolute atomic E-state index is 0.164. The molecule has 11 heteroatoms. The zero-order chi connectivity index (χ0) is 19.5. The van der Waals surface area contributed by atoms with E-state index in [-0.39, 0.29) is 11.5 Å². The molecule has 4 heterocycles. The second-order valence-corrected chi connectivity index (χ2v) is 6.58.